The monoisotopic (exact) mass is 289 g/mol. The molecular formula is C15H19N3O3. The van der Waals surface area contributed by atoms with Crippen molar-refractivity contribution in [1.29, 1.82) is 0 Å². The number of carbonyl (C=O) groups is 1. The molecule has 21 heavy (non-hydrogen) atoms. The molecule has 1 saturated heterocycles. The molecule has 0 aliphatic carbocycles. The first-order valence-electron chi connectivity index (χ1n) is 7.09. The Labute approximate surface area is 122 Å². The van der Waals surface area contributed by atoms with E-state index in [2.05, 4.69) is 14.5 Å². The van der Waals surface area contributed by atoms with Gasteiger partial charge in [-0.2, -0.15) is 0 Å². The summed E-state index contributed by atoms with van der Waals surface area (Å²) in [5.41, 5.74) is 2.06. The van der Waals surface area contributed by atoms with Crippen LogP contribution in [-0.2, 0) is 23.1 Å². The number of ether oxygens (including phenoxy) is 1. The third-order valence-corrected chi connectivity index (χ3v) is 3.98. The molecule has 6 heteroatoms. The molecular weight excluding hydrogens is 270 g/mol. The van der Waals surface area contributed by atoms with Gasteiger partial charge in [-0.05, 0) is 12.1 Å². The number of aromatic nitrogens is 2. The molecule has 1 atom stereocenters. The maximum Gasteiger partial charge on any atom is 0.305 e. The fourth-order valence-corrected chi connectivity index (χ4v) is 2.81. The lowest BCUT2D eigenvalue weighted by Gasteiger charge is -2.34. The van der Waals surface area contributed by atoms with Crippen LogP contribution in [0.15, 0.2) is 24.3 Å². The van der Waals surface area contributed by atoms with E-state index in [-0.39, 0.29) is 12.5 Å². The molecule has 1 fully saturated rings. The number of aliphatic carboxylic acids is 1. The smallest absolute Gasteiger partial charge is 0.305 e. The van der Waals surface area contributed by atoms with E-state index in [0.717, 1.165) is 23.4 Å². The summed E-state index contributed by atoms with van der Waals surface area (Å²) in [7, 11) is 2.00. The number of imidazole rings is 1. The average Bonchev–Trinajstić information content (AvgIpc) is 2.78. The minimum atomic E-state index is -0.791. The van der Waals surface area contributed by atoms with Crippen LogP contribution in [0.5, 0.6) is 0 Å². The lowest BCUT2D eigenvalue weighted by molar-refractivity contribution is -0.140. The highest BCUT2D eigenvalue weighted by Gasteiger charge is 2.26. The molecule has 2 heterocycles. The number of benzene rings is 1. The van der Waals surface area contributed by atoms with Gasteiger partial charge in [0.25, 0.3) is 0 Å². The Kier molecular flexibility index (Phi) is 3.90. The van der Waals surface area contributed by atoms with Crippen LogP contribution in [-0.4, -0.2) is 51.3 Å². The fourth-order valence-electron chi connectivity index (χ4n) is 2.81. The van der Waals surface area contributed by atoms with Gasteiger partial charge in [-0.25, -0.2) is 4.98 Å². The van der Waals surface area contributed by atoms with Crippen molar-refractivity contribution in [3.8, 4) is 0 Å². The highest BCUT2D eigenvalue weighted by molar-refractivity contribution is 5.75. The van der Waals surface area contributed by atoms with Crippen molar-refractivity contribution in [2.45, 2.75) is 19.0 Å². The summed E-state index contributed by atoms with van der Waals surface area (Å²) in [4.78, 5) is 17.8. The highest BCUT2D eigenvalue weighted by atomic mass is 16.5. The Hall–Kier alpha value is -1.92. The van der Waals surface area contributed by atoms with E-state index in [4.69, 9.17) is 9.84 Å². The van der Waals surface area contributed by atoms with Gasteiger partial charge in [-0.1, -0.05) is 12.1 Å². The second-order valence-corrected chi connectivity index (χ2v) is 5.37. The van der Waals surface area contributed by atoms with Gasteiger partial charge in [0.1, 0.15) is 5.82 Å². The van der Waals surface area contributed by atoms with Gasteiger partial charge in [-0.15, -0.1) is 0 Å². The number of nitrogens with zero attached hydrogens (tertiary/aromatic N) is 3. The van der Waals surface area contributed by atoms with Crippen molar-refractivity contribution in [3.05, 3.63) is 30.1 Å². The molecule has 0 unspecified atom stereocenters. The van der Waals surface area contributed by atoms with Gasteiger partial charge in [0.2, 0.25) is 0 Å². The number of hydrogen-bond acceptors (Lipinski definition) is 4. The molecule has 1 N–H and O–H groups in total. The van der Waals surface area contributed by atoms with Crippen LogP contribution in [0, 0.1) is 0 Å². The van der Waals surface area contributed by atoms with Crippen molar-refractivity contribution >= 4 is 17.0 Å². The summed E-state index contributed by atoms with van der Waals surface area (Å²) in [5.74, 6) is 0.161. The molecule has 1 aromatic heterocycles. The van der Waals surface area contributed by atoms with Gasteiger partial charge >= 0.3 is 5.97 Å². The first-order chi connectivity index (χ1) is 10.1. The zero-order valence-corrected chi connectivity index (χ0v) is 12.0. The molecule has 1 aromatic carbocycles. The Balaban J connectivity index is 1.82. The van der Waals surface area contributed by atoms with Crippen LogP contribution in [0.1, 0.15) is 12.2 Å². The van der Waals surface area contributed by atoms with Gasteiger partial charge in [0.05, 0.1) is 37.2 Å². The topological polar surface area (TPSA) is 67.6 Å². The van der Waals surface area contributed by atoms with E-state index in [9.17, 15) is 4.79 Å². The Bertz CT molecular complexity index is 653. The number of aryl methyl sites for hydroxylation is 1. The van der Waals surface area contributed by atoms with E-state index in [1.807, 2.05) is 31.3 Å². The maximum absolute atomic E-state index is 11.0. The summed E-state index contributed by atoms with van der Waals surface area (Å²) >= 11 is 0. The first-order valence-corrected chi connectivity index (χ1v) is 7.09. The zero-order valence-electron chi connectivity index (χ0n) is 12.0. The van der Waals surface area contributed by atoms with Gasteiger partial charge in [0, 0.05) is 19.6 Å². The number of fused-ring (bicyclic) bond motifs is 1. The average molecular weight is 289 g/mol. The fraction of sp³-hybridized carbons (Fsp3) is 0.467. The van der Waals surface area contributed by atoms with Gasteiger partial charge in [-0.3, -0.25) is 9.69 Å². The quantitative estimate of drug-likeness (QED) is 0.917. The molecule has 0 spiro atoms. The zero-order chi connectivity index (χ0) is 14.8. The third-order valence-electron chi connectivity index (χ3n) is 3.98. The molecule has 0 amide bonds. The first kappa shape index (κ1) is 14.0. The van der Waals surface area contributed by atoms with Crippen molar-refractivity contribution in [2.75, 3.05) is 19.8 Å². The summed E-state index contributed by atoms with van der Waals surface area (Å²) in [6.07, 6.45) is 0.101. The number of rotatable bonds is 4. The number of carboxylic acids is 1. The standard InChI is InChI=1S/C15H19N3O3/c1-17-13-5-3-2-4-12(13)16-14(17)9-18-6-7-21-10-11(18)8-15(19)20/h2-5,11H,6-10H2,1H3,(H,19,20)/t11-/m1/s1. The molecule has 3 rings (SSSR count). The van der Waals surface area contributed by atoms with Crippen molar-refractivity contribution in [1.82, 2.24) is 14.5 Å². The van der Waals surface area contributed by atoms with Crippen molar-refractivity contribution in [3.63, 3.8) is 0 Å². The lowest BCUT2D eigenvalue weighted by Crippen LogP contribution is -2.46. The van der Waals surface area contributed by atoms with Crippen LogP contribution in [0.25, 0.3) is 11.0 Å². The molecule has 1 aliphatic rings. The number of para-hydroxylation sites is 2. The highest BCUT2D eigenvalue weighted by Crippen LogP contribution is 2.18. The van der Waals surface area contributed by atoms with E-state index in [1.54, 1.807) is 0 Å². The molecule has 0 radical (unpaired) electrons. The van der Waals surface area contributed by atoms with Crippen molar-refractivity contribution < 1.29 is 14.6 Å². The predicted molar refractivity (Wildman–Crippen MR) is 78.0 cm³/mol. The minimum absolute atomic E-state index is 0.0870. The summed E-state index contributed by atoms with van der Waals surface area (Å²) < 4.78 is 7.48. The Morgan fingerprint density at radius 3 is 3.05 bits per heavy atom. The van der Waals surface area contributed by atoms with Crippen LogP contribution >= 0.6 is 0 Å². The van der Waals surface area contributed by atoms with Crippen LogP contribution in [0.4, 0.5) is 0 Å². The summed E-state index contributed by atoms with van der Waals surface area (Å²) in [6, 6.07) is 7.92. The van der Waals surface area contributed by atoms with Crippen LogP contribution < -0.4 is 0 Å². The number of carboxylic acid groups (broad SMARTS) is 1. The molecule has 0 bridgehead atoms. The molecule has 112 valence electrons. The van der Waals surface area contributed by atoms with Crippen molar-refractivity contribution in [2.24, 2.45) is 7.05 Å². The third kappa shape index (κ3) is 2.91. The van der Waals surface area contributed by atoms with E-state index < -0.39 is 5.97 Å². The predicted octanol–water partition coefficient (Wildman–Crippen LogP) is 1.25. The normalized spacial score (nSPS) is 20.0. The van der Waals surface area contributed by atoms with Crippen LogP contribution in [0.2, 0.25) is 0 Å². The SMILES string of the molecule is Cn1c(CN2CCOC[C@H]2CC(=O)O)nc2ccccc21. The Morgan fingerprint density at radius 1 is 1.48 bits per heavy atom. The van der Waals surface area contributed by atoms with Gasteiger partial charge < -0.3 is 14.4 Å². The molecule has 6 nitrogen and oxygen atoms in total. The minimum Gasteiger partial charge on any atom is -0.481 e. The number of morpholine rings is 1. The maximum atomic E-state index is 11.0. The number of hydrogen-bond donors (Lipinski definition) is 1. The molecule has 2 aromatic rings. The second kappa shape index (κ2) is 5.83. The van der Waals surface area contributed by atoms with Gasteiger partial charge in [0.15, 0.2) is 0 Å². The van der Waals surface area contributed by atoms with E-state index in [0.29, 0.717) is 19.8 Å². The van der Waals surface area contributed by atoms with E-state index >= 15 is 0 Å². The molecule has 1 aliphatic heterocycles. The van der Waals surface area contributed by atoms with Crippen LogP contribution in [0.3, 0.4) is 0 Å². The van der Waals surface area contributed by atoms with E-state index in [1.165, 1.54) is 0 Å². The largest absolute Gasteiger partial charge is 0.481 e. The summed E-state index contributed by atoms with van der Waals surface area (Å²) in [5, 5.41) is 9.02. The lowest BCUT2D eigenvalue weighted by atomic mass is 10.1. The summed E-state index contributed by atoms with van der Waals surface area (Å²) in [6.45, 7) is 2.49. The second-order valence-electron chi connectivity index (χ2n) is 5.37. The molecule has 0 saturated carbocycles. The Morgan fingerprint density at radius 2 is 2.29 bits per heavy atom.